The molecule has 1 heterocycles. The standard InChI is InChI=1S/C20H23ClN2O6/c1-26-14-2-3-15(21)17(12-14)29-19-16(22)10-13(11-18(19)28-9-6-24)20(25)23-4-7-27-8-5-23/h2-3,10-12,24H,4-9,22H2,1H3. The Bertz CT molecular complexity index is 870. The molecule has 0 radical (unpaired) electrons. The second-order valence-corrected chi connectivity index (χ2v) is 6.67. The number of methoxy groups -OCH3 is 1. The van der Waals surface area contributed by atoms with Crippen molar-refractivity contribution >= 4 is 23.2 Å². The van der Waals surface area contributed by atoms with Gasteiger partial charge in [0, 0.05) is 24.7 Å². The van der Waals surface area contributed by atoms with E-state index in [1.165, 1.54) is 13.2 Å². The third kappa shape index (κ3) is 5.03. The van der Waals surface area contributed by atoms with E-state index in [1.54, 1.807) is 29.2 Å². The highest BCUT2D eigenvalue weighted by Gasteiger charge is 2.23. The predicted molar refractivity (Wildman–Crippen MR) is 108 cm³/mol. The van der Waals surface area contributed by atoms with Gasteiger partial charge in [0.2, 0.25) is 0 Å². The van der Waals surface area contributed by atoms with Gasteiger partial charge in [0.05, 0.1) is 37.6 Å². The highest BCUT2D eigenvalue weighted by atomic mass is 35.5. The number of nitrogens with two attached hydrogens (primary N) is 1. The molecular weight excluding hydrogens is 400 g/mol. The number of nitrogen functional groups attached to an aromatic ring is 1. The number of anilines is 1. The summed E-state index contributed by atoms with van der Waals surface area (Å²) >= 11 is 6.22. The van der Waals surface area contributed by atoms with E-state index in [1.807, 2.05) is 0 Å². The van der Waals surface area contributed by atoms with E-state index >= 15 is 0 Å². The maximum Gasteiger partial charge on any atom is 0.254 e. The summed E-state index contributed by atoms with van der Waals surface area (Å²) in [6, 6.07) is 8.03. The number of rotatable bonds is 7. The molecule has 9 heteroatoms. The molecule has 0 unspecified atom stereocenters. The van der Waals surface area contributed by atoms with Crippen LogP contribution >= 0.6 is 11.6 Å². The zero-order valence-corrected chi connectivity index (χ0v) is 16.8. The molecule has 8 nitrogen and oxygen atoms in total. The molecule has 0 aromatic heterocycles. The van der Waals surface area contributed by atoms with Crippen LogP contribution in [0.2, 0.25) is 5.02 Å². The number of carbonyl (C=O) groups is 1. The van der Waals surface area contributed by atoms with Crippen LogP contribution in [-0.2, 0) is 4.74 Å². The van der Waals surface area contributed by atoms with Crippen LogP contribution in [0.4, 0.5) is 5.69 Å². The number of nitrogens with zero attached hydrogens (tertiary/aromatic N) is 1. The Morgan fingerprint density at radius 1 is 1.24 bits per heavy atom. The van der Waals surface area contributed by atoms with Crippen LogP contribution in [0.3, 0.4) is 0 Å². The van der Waals surface area contributed by atoms with Crippen LogP contribution in [0.5, 0.6) is 23.0 Å². The minimum absolute atomic E-state index is 0.0108. The summed E-state index contributed by atoms with van der Waals surface area (Å²) in [6.07, 6.45) is 0. The first kappa shape index (κ1) is 21.0. The molecule has 1 fully saturated rings. The molecule has 29 heavy (non-hydrogen) atoms. The van der Waals surface area contributed by atoms with Crippen LogP contribution in [0.15, 0.2) is 30.3 Å². The Kier molecular flexibility index (Phi) is 7.03. The van der Waals surface area contributed by atoms with Crippen molar-refractivity contribution in [3.8, 4) is 23.0 Å². The first-order chi connectivity index (χ1) is 14.0. The number of aliphatic hydroxyl groups is 1. The first-order valence-corrected chi connectivity index (χ1v) is 9.47. The van der Waals surface area contributed by atoms with Crippen LogP contribution in [0, 0.1) is 0 Å². The number of amides is 1. The molecule has 1 amide bonds. The summed E-state index contributed by atoms with van der Waals surface area (Å²) < 4.78 is 22.0. The summed E-state index contributed by atoms with van der Waals surface area (Å²) in [5.41, 5.74) is 6.76. The van der Waals surface area contributed by atoms with E-state index < -0.39 is 0 Å². The smallest absolute Gasteiger partial charge is 0.254 e. The molecule has 0 aliphatic carbocycles. The monoisotopic (exact) mass is 422 g/mol. The fourth-order valence-electron chi connectivity index (χ4n) is 2.87. The minimum atomic E-state index is -0.207. The minimum Gasteiger partial charge on any atom is -0.497 e. The molecule has 2 aromatic rings. The molecule has 1 aliphatic heterocycles. The lowest BCUT2D eigenvalue weighted by Crippen LogP contribution is -2.40. The molecule has 1 aliphatic rings. The maximum absolute atomic E-state index is 12.8. The summed E-state index contributed by atoms with van der Waals surface area (Å²) in [4.78, 5) is 14.5. The number of hydrogen-bond acceptors (Lipinski definition) is 7. The van der Waals surface area contributed by atoms with Gasteiger partial charge >= 0.3 is 0 Å². The van der Waals surface area contributed by atoms with Gasteiger partial charge in [-0.3, -0.25) is 4.79 Å². The van der Waals surface area contributed by atoms with Gasteiger partial charge in [0.15, 0.2) is 11.5 Å². The van der Waals surface area contributed by atoms with Crippen molar-refractivity contribution in [3.63, 3.8) is 0 Å². The molecule has 2 aromatic carbocycles. The van der Waals surface area contributed by atoms with Crippen LogP contribution in [-0.4, -0.2) is 62.5 Å². The van der Waals surface area contributed by atoms with Gasteiger partial charge in [-0.1, -0.05) is 11.6 Å². The highest BCUT2D eigenvalue weighted by molar-refractivity contribution is 6.32. The predicted octanol–water partition coefficient (Wildman–Crippen LogP) is 2.57. The third-order valence-corrected chi connectivity index (χ3v) is 4.64. The van der Waals surface area contributed by atoms with Gasteiger partial charge in [-0.15, -0.1) is 0 Å². The molecule has 156 valence electrons. The zero-order valence-electron chi connectivity index (χ0n) is 16.0. The van der Waals surface area contributed by atoms with Gasteiger partial charge in [0.25, 0.3) is 5.91 Å². The lowest BCUT2D eigenvalue weighted by atomic mass is 10.1. The zero-order chi connectivity index (χ0) is 20.8. The quantitative estimate of drug-likeness (QED) is 0.661. The Balaban J connectivity index is 1.94. The molecule has 1 saturated heterocycles. The number of aliphatic hydroxyl groups excluding tert-OH is 1. The van der Waals surface area contributed by atoms with E-state index in [2.05, 4.69) is 0 Å². The molecule has 3 rings (SSSR count). The highest BCUT2D eigenvalue weighted by Crippen LogP contribution is 2.41. The number of hydrogen-bond donors (Lipinski definition) is 2. The van der Waals surface area contributed by atoms with Gasteiger partial charge in [-0.2, -0.15) is 0 Å². The SMILES string of the molecule is COc1ccc(Cl)c(Oc2c(N)cc(C(=O)N3CCOCC3)cc2OCCO)c1. The van der Waals surface area contributed by atoms with E-state index in [-0.39, 0.29) is 36.3 Å². The molecule has 0 atom stereocenters. The second kappa shape index (κ2) is 9.69. The molecule has 0 saturated carbocycles. The molecular formula is C20H23ClN2O6. The number of morpholine rings is 1. The Labute approximate surface area is 173 Å². The van der Waals surface area contributed by atoms with E-state index in [0.717, 1.165) is 0 Å². The normalized spacial score (nSPS) is 13.8. The lowest BCUT2D eigenvalue weighted by molar-refractivity contribution is 0.0302. The summed E-state index contributed by atoms with van der Waals surface area (Å²) in [6.45, 7) is 1.79. The van der Waals surface area contributed by atoms with Crippen molar-refractivity contribution in [2.45, 2.75) is 0 Å². The average molecular weight is 423 g/mol. The average Bonchev–Trinajstić information content (AvgIpc) is 2.75. The van der Waals surface area contributed by atoms with Crippen molar-refractivity contribution in [2.24, 2.45) is 0 Å². The topological polar surface area (TPSA) is 103 Å². The van der Waals surface area contributed by atoms with Crippen molar-refractivity contribution in [2.75, 3.05) is 52.4 Å². The van der Waals surface area contributed by atoms with E-state index in [9.17, 15) is 4.79 Å². The van der Waals surface area contributed by atoms with Gasteiger partial charge < -0.3 is 34.7 Å². The fraction of sp³-hybridized carbons (Fsp3) is 0.350. The summed E-state index contributed by atoms with van der Waals surface area (Å²) in [7, 11) is 1.53. The Morgan fingerprint density at radius 2 is 2.00 bits per heavy atom. The van der Waals surface area contributed by atoms with Crippen LogP contribution < -0.4 is 19.9 Å². The fourth-order valence-corrected chi connectivity index (χ4v) is 3.02. The third-order valence-electron chi connectivity index (χ3n) is 4.33. The molecule has 0 bridgehead atoms. The number of halogens is 1. The van der Waals surface area contributed by atoms with Gasteiger partial charge in [0.1, 0.15) is 18.1 Å². The van der Waals surface area contributed by atoms with Crippen molar-refractivity contribution < 1.29 is 28.8 Å². The van der Waals surface area contributed by atoms with Gasteiger partial charge in [-0.05, 0) is 24.3 Å². The number of carbonyl (C=O) groups excluding carboxylic acids is 1. The first-order valence-electron chi connectivity index (χ1n) is 9.09. The van der Waals surface area contributed by atoms with E-state index in [0.29, 0.717) is 48.4 Å². The number of ether oxygens (including phenoxy) is 4. The lowest BCUT2D eigenvalue weighted by Gasteiger charge is -2.27. The maximum atomic E-state index is 12.8. The largest absolute Gasteiger partial charge is 0.497 e. The Hall–Kier alpha value is -2.68. The van der Waals surface area contributed by atoms with E-state index in [4.69, 9.17) is 41.4 Å². The van der Waals surface area contributed by atoms with Crippen molar-refractivity contribution in [3.05, 3.63) is 40.9 Å². The number of benzene rings is 2. The Morgan fingerprint density at radius 3 is 2.69 bits per heavy atom. The van der Waals surface area contributed by atoms with Crippen molar-refractivity contribution in [1.29, 1.82) is 0 Å². The van der Waals surface area contributed by atoms with Crippen molar-refractivity contribution in [1.82, 2.24) is 4.90 Å². The second-order valence-electron chi connectivity index (χ2n) is 6.27. The summed E-state index contributed by atoms with van der Waals surface area (Å²) in [5.74, 6) is 1.13. The van der Waals surface area contributed by atoms with Crippen LogP contribution in [0.25, 0.3) is 0 Å². The molecule has 3 N–H and O–H groups in total. The summed E-state index contributed by atoms with van der Waals surface area (Å²) in [5, 5.41) is 9.50. The van der Waals surface area contributed by atoms with Gasteiger partial charge in [-0.25, -0.2) is 0 Å². The van der Waals surface area contributed by atoms with Crippen LogP contribution in [0.1, 0.15) is 10.4 Å². The molecule has 0 spiro atoms.